The Labute approximate surface area is 230 Å². The highest BCUT2D eigenvalue weighted by atomic mass is 35.5. The molecule has 0 bridgehead atoms. The summed E-state index contributed by atoms with van der Waals surface area (Å²) in [5.41, 5.74) is 3.53. The molecule has 38 heavy (non-hydrogen) atoms. The molecule has 0 radical (unpaired) electrons. The molecule has 0 amide bonds. The van der Waals surface area contributed by atoms with Crippen molar-refractivity contribution in [1.29, 1.82) is 0 Å². The first-order chi connectivity index (χ1) is 18.0. The second-order valence-electron chi connectivity index (χ2n) is 9.53. The summed E-state index contributed by atoms with van der Waals surface area (Å²) in [6.07, 6.45) is -3.17. The summed E-state index contributed by atoms with van der Waals surface area (Å²) >= 11 is 12.8. The van der Waals surface area contributed by atoms with Crippen LogP contribution in [0.2, 0.25) is 10.0 Å². The van der Waals surface area contributed by atoms with Gasteiger partial charge in [-0.25, -0.2) is 4.68 Å². The highest BCUT2D eigenvalue weighted by molar-refractivity contribution is 6.38. The first kappa shape index (κ1) is 28.7. The SMILES string of the molecule is CCc1nn(-c2c(Cl)cc(C(F)(F)F)cc2Cl)c(N(C)C)c1CN1Cc2ccccc2CC1COCCO. The lowest BCUT2D eigenvalue weighted by Crippen LogP contribution is -2.43. The summed E-state index contributed by atoms with van der Waals surface area (Å²) in [7, 11) is 3.71. The van der Waals surface area contributed by atoms with Crippen molar-refractivity contribution in [2.24, 2.45) is 0 Å². The minimum absolute atomic E-state index is 0.0461. The molecule has 3 aromatic rings. The van der Waals surface area contributed by atoms with Crippen LogP contribution in [-0.4, -0.2) is 59.7 Å². The van der Waals surface area contributed by atoms with Gasteiger partial charge < -0.3 is 14.7 Å². The van der Waals surface area contributed by atoms with Crippen molar-refractivity contribution in [2.45, 2.75) is 45.1 Å². The number of ether oxygens (including phenoxy) is 1. The number of hydrogen-bond acceptors (Lipinski definition) is 5. The predicted octanol–water partition coefficient (Wildman–Crippen LogP) is 5.76. The van der Waals surface area contributed by atoms with E-state index in [0.29, 0.717) is 31.9 Å². The van der Waals surface area contributed by atoms with Crippen molar-refractivity contribution in [3.8, 4) is 5.69 Å². The molecule has 0 fully saturated rings. The van der Waals surface area contributed by atoms with Crippen LogP contribution in [-0.2, 0) is 36.8 Å². The number of aromatic nitrogens is 2. The lowest BCUT2D eigenvalue weighted by atomic mass is 9.93. The third-order valence-electron chi connectivity index (χ3n) is 6.72. The quantitative estimate of drug-likeness (QED) is 0.331. The molecule has 0 aliphatic carbocycles. The molecule has 0 spiro atoms. The van der Waals surface area contributed by atoms with Gasteiger partial charge in [-0.15, -0.1) is 0 Å². The Hall–Kier alpha value is -2.30. The zero-order valence-corrected chi connectivity index (χ0v) is 23.0. The summed E-state index contributed by atoms with van der Waals surface area (Å²) in [6, 6.07) is 10.1. The van der Waals surface area contributed by atoms with Crippen LogP contribution < -0.4 is 4.90 Å². The Morgan fingerprint density at radius 1 is 1.13 bits per heavy atom. The molecule has 1 atom stereocenters. The van der Waals surface area contributed by atoms with Gasteiger partial charge in [0.15, 0.2) is 0 Å². The first-order valence-corrected chi connectivity index (χ1v) is 13.1. The molecular weight excluding hydrogens is 540 g/mol. The summed E-state index contributed by atoms with van der Waals surface area (Å²) in [4.78, 5) is 4.20. The van der Waals surface area contributed by atoms with Gasteiger partial charge in [0.2, 0.25) is 0 Å². The molecule has 2 heterocycles. The van der Waals surface area contributed by atoms with Crippen LogP contribution in [0.1, 0.15) is 34.9 Å². The number of aliphatic hydroxyl groups is 1. The van der Waals surface area contributed by atoms with Gasteiger partial charge in [0, 0.05) is 38.8 Å². The molecule has 0 saturated heterocycles. The van der Waals surface area contributed by atoms with E-state index in [9.17, 15) is 18.3 Å². The third kappa shape index (κ3) is 5.97. The number of halogens is 5. The number of nitrogens with zero attached hydrogens (tertiary/aromatic N) is 4. The number of anilines is 1. The van der Waals surface area contributed by atoms with E-state index in [4.69, 9.17) is 33.0 Å². The molecule has 11 heteroatoms. The predicted molar refractivity (Wildman–Crippen MR) is 143 cm³/mol. The average Bonchev–Trinajstić information content (AvgIpc) is 3.21. The summed E-state index contributed by atoms with van der Waals surface area (Å²) in [6.45, 7) is 3.89. The lowest BCUT2D eigenvalue weighted by Gasteiger charge is -2.37. The van der Waals surface area contributed by atoms with Gasteiger partial charge in [0.25, 0.3) is 0 Å². The van der Waals surface area contributed by atoms with Gasteiger partial charge in [-0.1, -0.05) is 54.4 Å². The summed E-state index contributed by atoms with van der Waals surface area (Å²) < 4.78 is 47.3. The van der Waals surface area contributed by atoms with Gasteiger partial charge >= 0.3 is 6.18 Å². The first-order valence-electron chi connectivity index (χ1n) is 12.4. The Morgan fingerprint density at radius 2 is 1.79 bits per heavy atom. The zero-order valence-electron chi connectivity index (χ0n) is 21.5. The Kier molecular flexibility index (Phi) is 8.94. The number of fused-ring (bicyclic) bond motifs is 1. The number of hydrogen-bond donors (Lipinski definition) is 1. The van der Waals surface area contributed by atoms with Crippen molar-refractivity contribution in [1.82, 2.24) is 14.7 Å². The van der Waals surface area contributed by atoms with Gasteiger partial charge in [0.1, 0.15) is 11.5 Å². The van der Waals surface area contributed by atoms with Gasteiger partial charge in [-0.05, 0) is 36.1 Å². The van der Waals surface area contributed by atoms with E-state index < -0.39 is 11.7 Å². The van der Waals surface area contributed by atoms with Crippen LogP contribution in [0.15, 0.2) is 36.4 Å². The molecular formula is C27H31Cl2F3N4O2. The van der Waals surface area contributed by atoms with Crippen molar-refractivity contribution in [3.05, 3.63) is 74.4 Å². The van der Waals surface area contributed by atoms with Crippen LogP contribution >= 0.6 is 23.2 Å². The van der Waals surface area contributed by atoms with Crippen molar-refractivity contribution in [2.75, 3.05) is 38.8 Å². The number of alkyl halides is 3. The van der Waals surface area contributed by atoms with Crippen LogP contribution in [0.5, 0.6) is 0 Å². The molecule has 4 rings (SSSR count). The molecule has 206 valence electrons. The largest absolute Gasteiger partial charge is 0.416 e. The standard InChI is InChI=1S/C27H31Cl2F3N4O2/c1-4-24-21(15-35-14-18-8-6-5-7-17(18)11-20(35)16-38-10-9-37)26(34(2)3)36(33-24)25-22(28)12-19(13-23(25)29)27(30,31)32/h5-8,12-13,20,37H,4,9-11,14-16H2,1-3H3. The molecule has 6 nitrogen and oxygen atoms in total. The molecule has 1 unspecified atom stereocenters. The lowest BCUT2D eigenvalue weighted by molar-refractivity contribution is -0.137. The fourth-order valence-electron chi connectivity index (χ4n) is 4.96. The highest BCUT2D eigenvalue weighted by Gasteiger charge is 2.34. The maximum Gasteiger partial charge on any atom is 0.416 e. The van der Waals surface area contributed by atoms with Crippen LogP contribution in [0.4, 0.5) is 19.0 Å². The molecule has 0 saturated carbocycles. The molecule has 1 aliphatic heterocycles. The molecule has 1 aromatic heterocycles. The average molecular weight is 571 g/mol. The fraction of sp³-hybridized carbons (Fsp3) is 0.444. The maximum absolute atomic E-state index is 13.3. The third-order valence-corrected chi connectivity index (χ3v) is 7.30. The summed E-state index contributed by atoms with van der Waals surface area (Å²) in [5, 5.41) is 13.7. The zero-order chi connectivity index (χ0) is 27.6. The van der Waals surface area contributed by atoms with Gasteiger partial charge in [-0.3, -0.25) is 4.90 Å². The fourth-order valence-corrected chi connectivity index (χ4v) is 5.60. The minimum atomic E-state index is -4.57. The van der Waals surface area contributed by atoms with Crippen molar-refractivity contribution in [3.63, 3.8) is 0 Å². The van der Waals surface area contributed by atoms with Crippen molar-refractivity contribution >= 4 is 29.0 Å². The normalized spacial score (nSPS) is 16.1. The number of benzene rings is 2. The number of rotatable bonds is 9. The molecule has 1 N–H and O–H groups in total. The van der Waals surface area contributed by atoms with E-state index >= 15 is 0 Å². The van der Waals surface area contributed by atoms with Crippen LogP contribution in [0.3, 0.4) is 0 Å². The van der Waals surface area contributed by atoms with Gasteiger partial charge in [-0.2, -0.15) is 18.3 Å². The Morgan fingerprint density at radius 3 is 2.37 bits per heavy atom. The second kappa shape index (κ2) is 11.8. The van der Waals surface area contributed by atoms with Crippen LogP contribution in [0, 0.1) is 0 Å². The minimum Gasteiger partial charge on any atom is -0.394 e. The number of aliphatic hydroxyl groups excluding tert-OH is 1. The monoisotopic (exact) mass is 570 g/mol. The smallest absolute Gasteiger partial charge is 0.394 e. The van der Waals surface area contributed by atoms with E-state index in [-0.39, 0.29) is 35.0 Å². The van der Waals surface area contributed by atoms with E-state index in [0.717, 1.165) is 29.8 Å². The van der Waals surface area contributed by atoms with E-state index in [1.54, 1.807) is 4.68 Å². The second-order valence-corrected chi connectivity index (χ2v) is 10.3. The maximum atomic E-state index is 13.3. The van der Waals surface area contributed by atoms with E-state index in [2.05, 4.69) is 17.0 Å². The Balaban J connectivity index is 1.77. The Bertz CT molecular complexity index is 1260. The number of aryl methyl sites for hydroxylation is 1. The molecule has 1 aliphatic rings. The van der Waals surface area contributed by atoms with E-state index in [1.165, 1.54) is 11.1 Å². The van der Waals surface area contributed by atoms with Crippen molar-refractivity contribution < 1.29 is 23.0 Å². The molecule has 2 aromatic carbocycles. The van der Waals surface area contributed by atoms with E-state index in [1.807, 2.05) is 38.1 Å². The van der Waals surface area contributed by atoms with Gasteiger partial charge in [0.05, 0.1) is 41.1 Å². The highest BCUT2D eigenvalue weighted by Crippen LogP contribution is 2.40. The van der Waals surface area contributed by atoms with Crippen LogP contribution in [0.25, 0.3) is 5.69 Å². The summed E-state index contributed by atoms with van der Waals surface area (Å²) in [5.74, 6) is 0.694. The topological polar surface area (TPSA) is 53.8 Å².